The van der Waals surface area contributed by atoms with Crippen molar-refractivity contribution in [3.63, 3.8) is 0 Å². The number of unbranched alkanes of at least 4 members (excludes halogenated alkanes) is 6. The second-order valence-electron chi connectivity index (χ2n) is 10.0. The van der Waals surface area contributed by atoms with E-state index in [0.717, 1.165) is 25.7 Å². The zero-order valence-corrected chi connectivity index (χ0v) is 24.2. The highest BCUT2D eigenvalue weighted by molar-refractivity contribution is 6.17. The first-order valence-corrected chi connectivity index (χ1v) is 14.5. The summed E-state index contributed by atoms with van der Waals surface area (Å²) < 4.78 is 24.2. The van der Waals surface area contributed by atoms with Gasteiger partial charge in [0.1, 0.15) is 12.4 Å². The minimum Gasteiger partial charge on any atom is -0.504 e. The lowest BCUT2D eigenvalue weighted by Gasteiger charge is -2.20. The minimum atomic E-state index is -1.12. The van der Waals surface area contributed by atoms with Gasteiger partial charge in [0, 0.05) is 19.3 Å². The van der Waals surface area contributed by atoms with Crippen LogP contribution in [0.2, 0.25) is 0 Å². The third kappa shape index (κ3) is 9.69. The van der Waals surface area contributed by atoms with E-state index in [9.17, 15) is 33.8 Å². The van der Waals surface area contributed by atoms with Crippen LogP contribution in [-0.2, 0) is 16.1 Å². The highest BCUT2D eigenvalue weighted by Crippen LogP contribution is 2.46. The fraction of sp³-hybridized carbons (Fsp3) is 0.500. The van der Waals surface area contributed by atoms with Crippen molar-refractivity contribution in [1.29, 1.82) is 0 Å². The predicted molar refractivity (Wildman–Crippen MR) is 152 cm³/mol. The Labute approximate surface area is 240 Å². The lowest BCUT2D eigenvalue weighted by atomic mass is 9.89. The van der Waals surface area contributed by atoms with E-state index in [1.54, 1.807) is 0 Å². The van der Waals surface area contributed by atoms with Gasteiger partial charge in [-0.2, -0.15) is 0 Å². The molecule has 0 heterocycles. The van der Waals surface area contributed by atoms with Crippen LogP contribution in [-0.4, -0.2) is 33.7 Å². The summed E-state index contributed by atoms with van der Waals surface area (Å²) in [5.41, 5.74) is -1.13. The molecule has 0 fully saturated rings. The van der Waals surface area contributed by atoms with Crippen LogP contribution in [0.5, 0.6) is 17.2 Å². The molecular weight excluding hydrogens is 531 g/mol. The summed E-state index contributed by atoms with van der Waals surface area (Å²) in [6.07, 6.45) is 5.90. The monoisotopic (exact) mass is 572 g/mol. The number of carbonyl (C=O) groups excluding carboxylic acids is 4. The molecule has 2 aromatic carbocycles. The van der Waals surface area contributed by atoms with E-state index in [-0.39, 0.29) is 25.9 Å². The molecule has 0 radical (unpaired) electrons. The highest BCUT2D eigenvalue weighted by atomic mass is 19.1. The topological polar surface area (TPSA) is 127 Å². The molecule has 0 aliphatic heterocycles. The standard InChI is InChI=1S/C32H41FO8/c1-4-7-10-13-23(34)26-28(32(39)40-20-21-16-18-22(33)19-17-21)27(24(35)14-11-8-5-2)31(30(38)29(26)37)41-25(36)15-12-9-6-3/h16-19,37-38H,4-15,20H2,1-3H3. The maximum absolute atomic E-state index is 13.6. The molecule has 0 spiro atoms. The minimum absolute atomic E-state index is 0.0143. The summed E-state index contributed by atoms with van der Waals surface area (Å²) in [6, 6.07) is 5.20. The second kappa shape index (κ2) is 17.1. The molecule has 8 nitrogen and oxygen atoms in total. The molecule has 224 valence electrons. The van der Waals surface area contributed by atoms with E-state index in [2.05, 4.69) is 0 Å². The van der Waals surface area contributed by atoms with Gasteiger partial charge < -0.3 is 19.7 Å². The lowest BCUT2D eigenvalue weighted by molar-refractivity contribution is -0.134. The number of benzene rings is 2. The van der Waals surface area contributed by atoms with Crippen molar-refractivity contribution < 1.29 is 43.3 Å². The summed E-state index contributed by atoms with van der Waals surface area (Å²) in [7, 11) is 0. The first-order valence-electron chi connectivity index (χ1n) is 14.5. The molecule has 0 amide bonds. The molecule has 41 heavy (non-hydrogen) atoms. The van der Waals surface area contributed by atoms with Crippen LogP contribution in [0, 0.1) is 5.82 Å². The van der Waals surface area contributed by atoms with E-state index in [0.29, 0.717) is 37.7 Å². The maximum Gasteiger partial charge on any atom is 0.340 e. The average molecular weight is 573 g/mol. The van der Waals surface area contributed by atoms with Crippen LogP contribution in [0.4, 0.5) is 4.39 Å². The number of rotatable bonds is 18. The lowest BCUT2D eigenvalue weighted by Crippen LogP contribution is -2.21. The normalized spacial score (nSPS) is 10.8. The number of carbonyl (C=O) groups is 4. The Kier molecular flexibility index (Phi) is 14.0. The molecule has 0 saturated carbocycles. The molecule has 9 heteroatoms. The van der Waals surface area contributed by atoms with E-state index in [1.165, 1.54) is 24.3 Å². The molecule has 0 saturated heterocycles. The first kappa shape index (κ1) is 33.5. The number of aromatic hydroxyl groups is 2. The van der Waals surface area contributed by atoms with Gasteiger partial charge in [-0.3, -0.25) is 14.4 Å². The summed E-state index contributed by atoms with van der Waals surface area (Å²) in [6.45, 7) is 5.54. The van der Waals surface area contributed by atoms with E-state index >= 15 is 0 Å². The number of ketones is 2. The van der Waals surface area contributed by atoms with Gasteiger partial charge in [-0.1, -0.05) is 71.4 Å². The van der Waals surface area contributed by atoms with Crippen molar-refractivity contribution in [2.75, 3.05) is 0 Å². The first-order chi connectivity index (χ1) is 19.7. The smallest absolute Gasteiger partial charge is 0.340 e. The quantitative estimate of drug-likeness (QED) is 0.0614. The van der Waals surface area contributed by atoms with Crippen LogP contribution < -0.4 is 4.74 Å². The van der Waals surface area contributed by atoms with Crippen LogP contribution >= 0.6 is 0 Å². The van der Waals surface area contributed by atoms with Crippen molar-refractivity contribution in [1.82, 2.24) is 0 Å². The molecule has 2 rings (SSSR count). The van der Waals surface area contributed by atoms with Gasteiger partial charge in [-0.15, -0.1) is 0 Å². The Balaban J connectivity index is 2.68. The third-order valence-electron chi connectivity index (χ3n) is 6.66. The molecule has 0 bridgehead atoms. The fourth-order valence-electron chi connectivity index (χ4n) is 4.35. The van der Waals surface area contributed by atoms with Crippen LogP contribution in [0.15, 0.2) is 24.3 Å². The van der Waals surface area contributed by atoms with Crippen LogP contribution in [0.3, 0.4) is 0 Å². The number of phenols is 2. The van der Waals surface area contributed by atoms with Crippen LogP contribution in [0.1, 0.15) is 134 Å². The number of phenolic OH excluding ortho intramolecular Hbond substituents is 2. The van der Waals surface area contributed by atoms with Gasteiger partial charge in [0.2, 0.25) is 5.75 Å². The second-order valence-corrected chi connectivity index (χ2v) is 10.0. The highest BCUT2D eigenvalue weighted by Gasteiger charge is 2.36. The van der Waals surface area contributed by atoms with Gasteiger partial charge in [0.25, 0.3) is 0 Å². The number of hydrogen-bond donors (Lipinski definition) is 2. The Morgan fingerprint density at radius 3 is 1.73 bits per heavy atom. The van der Waals surface area contributed by atoms with Crippen molar-refractivity contribution >= 4 is 23.5 Å². The van der Waals surface area contributed by atoms with Crippen molar-refractivity contribution in [2.45, 2.75) is 104 Å². The molecule has 0 aromatic heterocycles. The summed E-state index contributed by atoms with van der Waals surface area (Å²) in [4.78, 5) is 53.1. The van der Waals surface area contributed by atoms with E-state index < -0.39 is 63.3 Å². The van der Waals surface area contributed by atoms with Gasteiger partial charge in [-0.25, -0.2) is 9.18 Å². The molecule has 0 atom stereocenters. The van der Waals surface area contributed by atoms with Gasteiger partial charge in [0.15, 0.2) is 23.1 Å². The molecule has 2 N–H and O–H groups in total. The van der Waals surface area contributed by atoms with E-state index in [4.69, 9.17) is 9.47 Å². The number of esters is 2. The van der Waals surface area contributed by atoms with Gasteiger partial charge >= 0.3 is 11.9 Å². The SMILES string of the molecule is CCCCCC(=O)Oc1c(O)c(O)c(C(=O)CCCCC)c(C(=O)OCc2ccc(F)cc2)c1C(=O)CCCCC. The fourth-order valence-corrected chi connectivity index (χ4v) is 4.35. The average Bonchev–Trinajstić information content (AvgIpc) is 2.95. The van der Waals surface area contributed by atoms with Gasteiger partial charge in [0.05, 0.1) is 16.7 Å². The summed E-state index contributed by atoms with van der Waals surface area (Å²) >= 11 is 0. The number of halogens is 1. The number of ether oxygens (including phenoxy) is 2. The number of Topliss-reactive ketones (excluding diaryl/α,β-unsaturated/α-hetero) is 2. The molecular formula is C32H41FO8. The zero-order valence-electron chi connectivity index (χ0n) is 24.2. The van der Waals surface area contributed by atoms with Crippen molar-refractivity contribution in [2.24, 2.45) is 0 Å². The summed E-state index contributed by atoms with van der Waals surface area (Å²) in [5.74, 6) is -6.24. The molecule has 0 aliphatic rings. The Bertz CT molecular complexity index is 1200. The Hall–Kier alpha value is -3.75. The Morgan fingerprint density at radius 1 is 0.683 bits per heavy atom. The molecule has 0 aliphatic carbocycles. The molecule has 2 aromatic rings. The van der Waals surface area contributed by atoms with Crippen molar-refractivity contribution in [3.05, 3.63) is 52.3 Å². The van der Waals surface area contributed by atoms with Gasteiger partial charge in [-0.05, 0) is 37.0 Å². The molecule has 0 unspecified atom stereocenters. The third-order valence-corrected chi connectivity index (χ3v) is 6.66. The van der Waals surface area contributed by atoms with E-state index in [1.807, 2.05) is 20.8 Å². The summed E-state index contributed by atoms with van der Waals surface area (Å²) in [5, 5.41) is 21.9. The predicted octanol–water partition coefficient (Wildman–Crippen LogP) is 7.61. The zero-order chi connectivity index (χ0) is 30.4. The van der Waals surface area contributed by atoms with Crippen molar-refractivity contribution in [3.8, 4) is 17.2 Å². The number of hydrogen-bond acceptors (Lipinski definition) is 8. The Morgan fingerprint density at radius 2 is 1.20 bits per heavy atom. The maximum atomic E-state index is 13.6. The largest absolute Gasteiger partial charge is 0.504 e. The van der Waals surface area contributed by atoms with Crippen LogP contribution in [0.25, 0.3) is 0 Å².